The minimum absolute atomic E-state index is 0.0263. The maximum absolute atomic E-state index is 12.8. The van der Waals surface area contributed by atoms with E-state index in [1.54, 1.807) is 34.1 Å². The number of anilines is 1. The van der Waals surface area contributed by atoms with Crippen LogP contribution in [0, 0.1) is 0 Å². The Morgan fingerprint density at radius 1 is 1.13 bits per heavy atom. The van der Waals surface area contributed by atoms with Crippen molar-refractivity contribution in [2.45, 2.75) is 18.9 Å². The van der Waals surface area contributed by atoms with Crippen LogP contribution in [-0.4, -0.2) is 77.6 Å². The van der Waals surface area contributed by atoms with Crippen molar-refractivity contribution < 1.29 is 19.1 Å². The molecule has 2 aliphatic rings. The molecule has 0 radical (unpaired) electrons. The second-order valence-corrected chi connectivity index (χ2v) is 7.27. The number of ether oxygens (including phenoxy) is 2. The first-order valence-electron chi connectivity index (χ1n) is 10.1. The molecule has 2 aliphatic heterocycles. The summed E-state index contributed by atoms with van der Waals surface area (Å²) in [6.45, 7) is 2.33. The Bertz CT molecular complexity index is 886. The molecular formula is C21H25N5O4. The summed E-state index contributed by atoms with van der Waals surface area (Å²) in [5.74, 6) is 1.16. The molecule has 2 fully saturated rings. The fraction of sp³-hybridized carbons (Fsp3) is 0.429. The van der Waals surface area contributed by atoms with E-state index in [0.29, 0.717) is 37.8 Å². The van der Waals surface area contributed by atoms with Crippen LogP contribution in [0.4, 0.5) is 10.5 Å². The summed E-state index contributed by atoms with van der Waals surface area (Å²) in [7, 11) is 1.58. The first kappa shape index (κ1) is 19.9. The Hall–Kier alpha value is -3.36. The van der Waals surface area contributed by atoms with Crippen LogP contribution in [0.3, 0.4) is 0 Å². The van der Waals surface area contributed by atoms with E-state index in [1.807, 2.05) is 24.3 Å². The number of benzene rings is 1. The lowest BCUT2D eigenvalue weighted by Crippen LogP contribution is -2.47. The third-order valence-electron chi connectivity index (χ3n) is 5.43. The molecule has 1 aromatic carbocycles. The van der Waals surface area contributed by atoms with Gasteiger partial charge in [0.15, 0.2) is 0 Å². The highest BCUT2D eigenvalue weighted by atomic mass is 16.5. The fourth-order valence-corrected chi connectivity index (χ4v) is 3.81. The molecule has 3 amide bonds. The van der Waals surface area contributed by atoms with Gasteiger partial charge < -0.3 is 19.3 Å². The van der Waals surface area contributed by atoms with Crippen LogP contribution in [0.2, 0.25) is 0 Å². The molecule has 0 spiro atoms. The van der Waals surface area contributed by atoms with Gasteiger partial charge in [0.05, 0.1) is 12.8 Å². The number of likely N-dealkylation sites (tertiary alicyclic amines) is 1. The predicted octanol–water partition coefficient (Wildman–Crippen LogP) is 1.80. The molecule has 1 aromatic heterocycles. The minimum atomic E-state index is -0.171. The van der Waals surface area contributed by atoms with Gasteiger partial charge in [-0.25, -0.2) is 14.8 Å². The topological polar surface area (TPSA) is 88.1 Å². The third-order valence-corrected chi connectivity index (χ3v) is 5.43. The Kier molecular flexibility index (Phi) is 5.97. The predicted molar refractivity (Wildman–Crippen MR) is 110 cm³/mol. The quantitative estimate of drug-likeness (QED) is 0.720. The maximum atomic E-state index is 12.8. The van der Waals surface area contributed by atoms with E-state index in [9.17, 15) is 9.59 Å². The Morgan fingerprint density at radius 3 is 2.67 bits per heavy atom. The molecule has 0 atom stereocenters. The van der Waals surface area contributed by atoms with Crippen molar-refractivity contribution in [2.24, 2.45) is 0 Å². The average molecular weight is 411 g/mol. The zero-order valence-corrected chi connectivity index (χ0v) is 16.9. The molecule has 3 heterocycles. The van der Waals surface area contributed by atoms with Crippen molar-refractivity contribution >= 4 is 17.6 Å². The minimum Gasteiger partial charge on any atom is -0.495 e. The normalized spacial score (nSPS) is 17.4. The van der Waals surface area contributed by atoms with Crippen LogP contribution in [-0.2, 0) is 4.79 Å². The molecular weight excluding hydrogens is 386 g/mol. The highest BCUT2D eigenvalue weighted by Crippen LogP contribution is 2.30. The van der Waals surface area contributed by atoms with Gasteiger partial charge in [-0.1, -0.05) is 12.1 Å². The summed E-state index contributed by atoms with van der Waals surface area (Å²) in [6.07, 6.45) is 4.59. The fourth-order valence-electron chi connectivity index (χ4n) is 3.81. The zero-order valence-electron chi connectivity index (χ0n) is 16.9. The van der Waals surface area contributed by atoms with E-state index < -0.39 is 0 Å². The van der Waals surface area contributed by atoms with Crippen molar-refractivity contribution in [2.75, 3.05) is 44.7 Å². The molecule has 0 saturated carbocycles. The molecule has 0 bridgehead atoms. The summed E-state index contributed by atoms with van der Waals surface area (Å²) in [5, 5.41) is 0. The highest BCUT2D eigenvalue weighted by molar-refractivity contribution is 5.97. The number of piperidine rings is 1. The van der Waals surface area contributed by atoms with Gasteiger partial charge in [-0.3, -0.25) is 9.69 Å². The smallest absolute Gasteiger partial charge is 0.325 e. The largest absolute Gasteiger partial charge is 0.495 e. The first-order chi connectivity index (χ1) is 14.7. The molecule has 2 aromatic rings. The Labute approximate surface area is 175 Å². The number of urea groups is 1. The van der Waals surface area contributed by atoms with Gasteiger partial charge in [-0.2, -0.15) is 0 Å². The lowest BCUT2D eigenvalue weighted by Gasteiger charge is -2.32. The molecule has 0 N–H and O–H groups in total. The van der Waals surface area contributed by atoms with Crippen LogP contribution in [0.15, 0.2) is 42.9 Å². The Balaban J connectivity index is 1.29. The van der Waals surface area contributed by atoms with Crippen molar-refractivity contribution in [3.05, 3.63) is 42.9 Å². The van der Waals surface area contributed by atoms with Crippen LogP contribution in [0.5, 0.6) is 11.6 Å². The number of methoxy groups -OCH3 is 1. The van der Waals surface area contributed by atoms with E-state index in [1.165, 1.54) is 6.33 Å². The Morgan fingerprint density at radius 2 is 1.93 bits per heavy atom. The van der Waals surface area contributed by atoms with Crippen molar-refractivity contribution in [3.8, 4) is 11.6 Å². The van der Waals surface area contributed by atoms with Gasteiger partial charge in [0, 0.05) is 51.3 Å². The number of amides is 3. The van der Waals surface area contributed by atoms with Crippen molar-refractivity contribution in [3.63, 3.8) is 0 Å². The number of hydrogen-bond acceptors (Lipinski definition) is 6. The van der Waals surface area contributed by atoms with Gasteiger partial charge in [0.2, 0.25) is 11.8 Å². The summed E-state index contributed by atoms with van der Waals surface area (Å²) in [6, 6.07) is 8.96. The molecule has 158 valence electrons. The number of carbonyl (C=O) groups excluding carboxylic acids is 2. The molecule has 0 aliphatic carbocycles. The lowest BCUT2D eigenvalue weighted by atomic mass is 10.1. The van der Waals surface area contributed by atoms with Crippen LogP contribution >= 0.6 is 0 Å². The molecule has 9 nitrogen and oxygen atoms in total. The van der Waals surface area contributed by atoms with Gasteiger partial charge in [0.1, 0.15) is 24.7 Å². The number of hydrogen-bond donors (Lipinski definition) is 0. The second-order valence-electron chi connectivity index (χ2n) is 7.27. The summed E-state index contributed by atoms with van der Waals surface area (Å²) in [4.78, 5) is 38.6. The zero-order chi connectivity index (χ0) is 20.9. The summed E-state index contributed by atoms with van der Waals surface area (Å²) in [5.41, 5.74) is 0.725. The highest BCUT2D eigenvalue weighted by Gasteiger charge is 2.34. The lowest BCUT2D eigenvalue weighted by molar-refractivity contribution is -0.133. The standard InChI is InChI=1S/C21H25N5O4/c1-29-18-5-3-2-4-17(18)26-13-12-25(21(26)28)14-20(27)24-10-7-16(8-11-24)30-19-6-9-22-15-23-19/h2-6,9,15-16H,7-8,10-14H2,1H3. The summed E-state index contributed by atoms with van der Waals surface area (Å²) < 4.78 is 11.2. The number of rotatable bonds is 6. The molecule has 9 heteroatoms. The van der Waals surface area contributed by atoms with E-state index in [0.717, 1.165) is 18.5 Å². The molecule has 4 rings (SSSR count). The van der Waals surface area contributed by atoms with E-state index in [4.69, 9.17) is 9.47 Å². The maximum Gasteiger partial charge on any atom is 0.325 e. The molecule has 0 unspecified atom stereocenters. The molecule has 2 saturated heterocycles. The monoisotopic (exact) mass is 411 g/mol. The van der Waals surface area contributed by atoms with Gasteiger partial charge >= 0.3 is 6.03 Å². The molecule has 30 heavy (non-hydrogen) atoms. The first-order valence-corrected chi connectivity index (χ1v) is 10.1. The van der Waals surface area contributed by atoms with Gasteiger partial charge in [-0.05, 0) is 12.1 Å². The number of nitrogens with zero attached hydrogens (tertiary/aromatic N) is 5. The number of para-hydroxylation sites is 2. The van der Waals surface area contributed by atoms with Gasteiger partial charge in [0.25, 0.3) is 0 Å². The van der Waals surface area contributed by atoms with Crippen LogP contribution < -0.4 is 14.4 Å². The van der Waals surface area contributed by atoms with Crippen LogP contribution in [0.25, 0.3) is 0 Å². The summed E-state index contributed by atoms with van der Waals surface area (Å²) >= 11 is 0. The number of aromatic nitrogens is 2. The number of carbonyl (C=O) groups is 2. The van der Waals surface area contributed by atoms with Gasteiger partial charge in [-0.15, -0.1) is 0 Å². The average Bonchev–Trinajstić information content (AvgIpc) is 3.14. The van der Waals surface area contributed by atoms with E-state index in [2.05, 4.69) is 9.97 Å². The second kappa shape index (κ2) is 8.98. The third kappa shape index (κ3) is 4.29. The van der Waals surface area contributed by atoms with E-state index >= 15 is 0 Å². The van der Waals surface area contributed by atoms with Crippen molar-refractivity contribution in [1.82, 2.24) is 19.8 Å². The van der Waals surface area contributed by atoms with Crippen molar-refractivity contribution in [1.29, 1.82) is 0 Å². The SMILES string of the molecule is COc1ccccc1N1CCN(CC(=O)N2CCC(Oc3ccncn3)CC2)C1=O. The van der Waals surface area contributed by atoms with E-state index in [-0.39, 0.29) is 24.6 Å². The van der Waals surface area contributed by atoms with Crippen LogP contribution in [0.1, 0.15) is 12.8 Å².